The summed E-state index contributed by atoms with van der Waals surface area (Å²) in [6.07, 6.45) is -0.575. The number of hydrogen-bond donors (Lipinski definition) is 2. The molecule has 0 spiro atoms. The Morgan fingerprint density at radius 3 is 2.67 bits per heavy atom. The minimum absolute atomic E-state index is 0.231. The summed E-state index contributed by atoms with van der Waals surface area (Å²) in [6.45, 7) is 8.05. The molecule has 1 aromatic rings. The third-order valence-electron chi connectivity index (χ3n) is 2.95. The zero-order valence-corrected chi connectivity index (χ0v) is 13.4. The lowest BCUT2D eigenvalue weighted by atomic mass is 10.1. The van der Waals surface area contributed by atoms with Crippen molar-refractivity contribution < 1.29 is 19.3 Å². The maximum atomic E-state index is 9.90. The predicted molar refractivity (Wildman–Crippen MR) is 83.1 cm³/mol. The zero-order valence-electron chi connectivity index (χ0n) is 13.4. The van der Waals surface area contributed by atoms with Crippen LogP contribution in [0.15, 0.2) is 24.3 Å². The molecule has 0 heterocycles. The summed E-state index contributed by atoms with van der Waals surface area (Å²) >= 11 is 0. The average molecular weight is 297 g/mol. The van der Waals surface area contributed by atoms with Crippen LogP contribution in [0.1, 0.15) is 20.8 Å². The van der Waals surface area contributed by atoms with Gasteiger partial charge in [-0.1, -0.05) is 6.07 Å². The van der Waals surface area contributed by atoms with Gasteiger partial charge in [0.05, 0.1) is 12.7 Å². The van der Waals surface area contributed by atoms with Crippen molar-refractivity contribution in [3.05, 3.63) is 24.3 Å². The first-order valence-corrected chi connectivity index (χ1v) is 7.26. The number of nitrogens with one attached hydrogen (secondary N) is 1. The molecule has 0 aliphatic heterocycles. The van der Waals surface area contributed by atoms with Crippen molar-refractivity contribution in [3.63, 3.8) is 0 Å². The van der Waals surface area contributed by atoms with E-state index in [-0.39, 0.29) is 12.2 Å². The maximum Gasteiger partial charge on any atom is 0.123 e. The van der Waals surface area contributed by atoms with Gasteiger partial charge in [-0.3, -0.25) is 0 Å². The third-order valence-corrected chi connectivity index (χ3v) is 2.95. The smallest absolute Gasteiger partial charge is 0.123 e. The van der Waals surface area contributed by atoms with Crippen LogP contribution in [0, 0.1) is 0 Å². The van der Waals surface area contributed by atoms with Gasteiger partial charge < -0.3 is 24.6 Å². The third kappa shape index (κ3) is 7.32. The van der Waals surface area contributed by atoms with Crippen LogP contribution in [-0.4, -0.2) is 50.2 Å². The number of benzene rings is 1. The Morgan fingerprint density at radius 1 is 1.29 bits per heavy atom. The van der Waals surface area contributed by atoms with Crippen molar-refractivity contribution >= 4 is 0 Å². The highest BCUT2D eigenvalue weighted by Gasteiger charge is 2.17. The fraction of sp³-hybridized carbons (Fsp3) is 0.625. The van der Waals surface area contributed by atoms with Gasteiger partial charge in [-0.25, -0.2) is 0 Å². The molecule has 0 saturated heterocycles. The molecule has 0 aliphatic rings. The predicted octanol–water partition coefficient (Wildman–Crippen LogP) is 1.84. The Labute approximate surface area is 127 Å². The fourth-order valence-electron chi connectivity index (χ4n) is 1.92. The Hall–Kier alpha value is -1.30. The van der Waals surface area contributed by atoms with Crippen LogP contribution in [0.2, 0.25) is 0 Å². The SMILES string of the molecule is CCOC(C)(C)CNCC(O)COc1cccc(OC)c1. The quantitative estimate of drug-likeness (QED) is 0.690. The van der Waals surface area contributed by atoms with E-state index >= 15 is 0 Å². The zero-order chi connectivity index (χ0) is 15.7. The topological polar surface area (TPSA) is 60.0 Å². The molecule has 5 heteroatoms. The second-order valence-corrected chi connectivity index (χ2v) is 5.47. The number of aliphatic hydroxyl groups excluding tert-OH is 1. The lowest BCUT2D eigenvalue weighted by Gasteiger charge is -2.25. The normalized spacial score (nSPS) is 13.0. The molecule has 0 aromatic heterocycles. The van der Waals surface area contributed by atoms with Crippen LogP contribution in [0.25, 0.3) is 0 Å². The molecule has 0 aliphatic carbocycles. The highest BCUT2D eigenvalue weighted by Crippen LogP contribution is 2.18. The van der Waals surface area contributed by atoms with Gasteiger partial charge in [0.25, 0.3) is 0 Å². The fourth-order valence-corrected chi connectivity index (χ4v) is 1.92. The van der Waals surface area contributed by atoms with Gasteiger partial charge >= 0.3 is 0 Å². The molecular formula is C16H27NO4. The molecular weight excluding hydrogens is 270 g/mol. The van der Waals surface area contributed by atoms with Gasteiger partial charge in [-0.15, -0.1) is 0 Å². The van der Waals surface area contributed by atoms with E-state index in [4.69, 9.17) is 14.2 Å². The first-order chi connectivity index (χ1) is 9.96. The van der Waals surface area contributed by atoms with E-state index < -0.39 is 6.10 Å². The Balaban J connectivity index is 2.26. The van der Waals surface area contributed by atoms with Crippen molar-refractivity contribution in [3.8, 4) is 11.5 Å². The van der Waals surface area contributed by atoms with Crippen LogP contribution < -0.4 is 14.8 Å². The van der Waals surface area contributed by atoms with E-state index in [1.54, 1.807) is 13.2 Å². The van der Waals surface area contributed by atoms with Gasteiger partial charge in [-0.05, 0) is 32.9 Å². The molecule has 0 bridgehead atoms. The van der Waals surface area contributed by atoms with Crippen LogP contribution >= 0.6 is 0 Å². The number of hydrogen-bond acceptors (Lipinski definition) is 5. The maximum absolute atomic E-state index is 9.90. The largest absolute Gasteiger partial charge is 0.497 e. The van der Waals surface area contributed by atoms with Gasteiger partial charge in [0.2, 0.25) is 0 Å². The van der Waals surface area contributed by atoms with Crippen LogP contribution in [0.5, 0.6) is 11.5 Å². The van der Waals surface area contributed by atoms with Crippen LogP contribution in [0.3, 0.4) is 0 Å². The number of rotatable bonds is 10. The van der Waals surface area contributed by atoms with Crippen molar-refractivity contribution in [1.82, 2.24) is 5.32 Å². The highest BCUT2D eigenvalue weighted by atomic mass is 16.5. The molecule has 0 radical (unpaired) electrons. The van der Waals surface area contributed by atoms with Gasteiger partial charge in [-0.2, -0.15) is 0 Å². The van der Waals surface area contributed by atoms with E-state index in [2.05, 4.69) is 5.32 Å². The van der Waals surface area contributed by atoms with Gasteiger partial charge in [0.1, 0.15) is 24.2 Å². The van der Waals surface area contributed by atoms with E-state index in [9.17, 15) is 5.11 Å². The lowest BCUT2D eigenvalue weighted by molar-refractivity contribution is -0.0112. The monoisotopic (exact) mass is 297 g/mol. The van der Waals surface area contributed by atoms with E-state index in [1.165, 1.54) is 0 Å². The van der Waals surface area contributed by atoms with Crippen molar-refractivity contribution in [1.29, 1.82) is 0 Å². The molecule has 1 unspecified atom stereocenters. The molecule has 21 heavy (non-hydrogen) atoms. The molecule has 5 nitrogen and oxygen atoms in total. The Bertz CT molecular complexity index is 409. The molecule has 120 valence electrons. The van der Waals surface area contributed by atoms with Crippen molar-refractivity contribution in [2.45, 2.75) is 32.5 Å². The Kier molecular flexibility index (Phi) is 7.50. The second-order valence-electron chi connectivity index (χ2n) is 5.47. The van der Waals surface area contributed by atoms with E-state index in [1.807, 2.05) is 39.0 Å². The molecule has 1 aromatic carbocycles. The molecule has 1 rings (SSSR count). The standard InChI is InChI=1S/C16H27NO4/c1-5-21-16(2,3)12-17-10-13(18)11-20-15-8-6-7-14(9-15)19-4/h6-9,13,17-18H,5,10-12H2,1-4H3. The molecule has 1 atom stereocenters. The summed E-state index contributed by atoms with van der Waals surface area (Å²) in [7, 11) is 1.61. The Morgan fingerprint density at radius 2 is 2.00 bits per heavy atom. The molecule has 0 saturated carbocycles. The van der Waals surface area contributed by atoms with Gasteiger partial charge in [0, 0.05) is 25.8 Å². The average Bonchev–Trinajstić information content (AvgIpc) is 2.45. The summed E-state index contributed by atoms with van der Waals surface area (Å²) in [4.78, 5) is 0. The van der Waals surface area contributed by atoms with Gasteiger partial charge in [0.15, 0.2) is 0 Å². The summed E-state index contributed by atoms with van der Waals surface area (Å²) in [5, 5.41) is 13.1. The molecule has 0 fully saturated rings. The van der Waals surface area contributed by atoms with E-state index in [0.29, 0.717) is 25.4 Å². The molecule has 0 amide bonds. The summed E-state index contributed by atoms with van der Waals surface area (Å²) in [5.74, 6) is 1.42. The minimum atomic E-state index is -0.575. The summed E-state index contributed by atoms with van der Waals surface area (Å²) in [5.41, 5.74) is -0.234. The van der Waals surface area contributed by atoms with Crippen LogP contribution in [0.4, 0.5) is 0 Å². The number of ether oxygens (including phenoxy) is 3. The number of aliphatic hydroxyl groups is 1. The summed E-state index contributed by atoms with van der Waals surface area (Å²) < 4.78 is 16.2. The minimum Gasteiger partial charge on any atom is -0.497 e. The first kappa shape index (κ1) is 17.8. The van der Waals surface area contributed by atoms with Crippen LogP contribution in [-0.2, 0) is 4.74 Å². The second kappa shape index (κ2) is 8.87. The lowest BCUT2D eigenvalue weighted by Crippen LogP contribution is -2.41. The highest BCUT2D eigenvalue weighted by molar-refractivity contribution is 5.32. The van der Waals surface area contributed by atoms with E-state index in [0.717, 1.165) is 5.75 Å². The first-order valence-electron chi connectivity index (χ1n) is 7.26. The van der Waals surface area contributed by atoms with Crippen molar-refractivity contribution in [2.24, 2.45) is 0 Å². The van der Waals surface area contributed by atoms with Crippen molar-refractivity contribution in [2.75, 3.05) is 33.4 Å². The summed E-state index contributed by atoms with van der Waals surface area (Å²) in [6, 6.07) is 7.32. The number of methoxy groups -OCH3 is 1. The molecule has 2 N–H and O–H groups in total.